The first-order chi connectivity index (χ1) is 10.9. The highest BCUT2D eigenvalue weighted by molar-refractivity contribution is 7.89. The van der Waals surface area contributed by atoms with Gasteiger partial charge in [0.2, 0.25) is 6.79 Å². The predicted octanol–water partition coefficient (Wildman–Crippen LogP) is 0.0805. The fraction of sp³-hybridized carbons (Fsp3) is 0.231. The highest BCUT2D eigenvalue weighted by Gasteiger charge is 2.21. The van der Waals surface area contributed by atoms with E-state index >= 15 is 0 Å². The second-order valence-electron chi connectivity index (χ2n) is 4.88. The molecule has 1 aromatic heterocycles. The van der Waals surface area contributed by atoms with E-state index in [1.165, 1.54) is 23.0 Å². The summed E-state index contributed by atoms with van der Waals surface area (Å²) in [5, 5.41) is 3.96. The van der Waals surface area contributed by atoms with Crippen LogP contribution in [0.25, 0.3) is 0 Å². The van der Waals surface area contributed by atoms with E-state index in [2.05, 4.69) is 10.5 Å². The quantitative estimate of drug-likeness (QED) is 0.764. The van der Waals surface area contributed by atoms with Gasteiger partial charge in [0.1, 0.15) is 4.90 Å². The van der Waals surface area contributed by atoms with Crippen LogP contribution in [0.15, 0.2) is 29.3 Å². The van der Waals surface area contributed by atoms with Crippen molar-refractivity contribution in [3.8, 4) is 11.5 Å². The van der Waals surface area contributed by atoms with Crippen molar-refractivity contribution in [2.24, 2.45) is 7.05 Å². The zero-order chi connectivity index (χ0) is 16.6. The number of rotatable bonds is 4. The van der Waals surface area contributed by atoms with Crippen molar-refractivity contribution in [3.63, 3.8) is 0 Å². The number of hydrazine groups is 1. The van der Waals surface area contributed by atoms with Crippen molar-refractivity contribution in [1.29, 1.82) is 0 Å². The molecule has 2 aromatic rings. The van der Waals surface area contributed by atoms with Crippen LogP contribution in [-0.4, -0.2) is 30.9 Å². The van der Waals surface area contributed by atoms with Gasteiger partial charge in [0.05, 0.1) is 5.69 Å². The summed E-state index contributed by atoms with van der Waals surface area (Å²) in [6, 6.07) is 4.56. The first-order valence-electron chi connectivity index (χ1n) is 6.59. The maximum absolute atomic E-state index is 12.2. The number of ether oxygens (including phenoxy) is 2. The third kappa shape index (κ3) is 2.98. The summed E-state index contributed by atoms with van der Waals surface area (Å²) in [4.78, 5) is 14.1. The molecule has 0 saturated carbocycles. The number of aromatic nitrogens is 2. The molecule has 0 atom stereocenters. The molecule has 1 aliphatic heterocycles. The van der Waals surface area contributed by atoms with E-state index < -0.39 is 15.9 Å². The minimum absolute atomic E-state index is 0.00835. The minimum atomic E-state index is -3.91. The standard InChI is InChI=1S/C13H14N4O5S/c1-8-12(6-17(2)15-8)23(19,20)16-14-13(18)9-3-4-10-11(5-9)22-7-21-10/h3-6,16H,7H2,1-2H3,(H,14,18). The first kappa shape index (κ1) is 15.3. The molecule has 122 valence electrons. The van der Waals surface area contributed by atoms with Crippen molar-refractivity contribution < 1.29 is 22.7 Å². The second kappa shape index (κ2) is 5.56. The van der Waals surface area contributed by atoms with Crippen LogP contribution in [0.1, 0.15) is 16.1 Å². The Morgan fingerprint density at radius 2 is 2.04 bits per heavy atom. The Morgan fingerprint density at radius 3 is 2.74 bits per heavy atom. The Morgan fingerprint density at radius 1 is 1.30 bits per heavy atom. The van der Waals surface area contributed by atoms with Gasteiger partial charge in [-0.3, -0.25) is 14.9 Å². The van der Waals surface area contributed by atoms with Crippen LogP contribution in [-0.2, 0) is 17.1 Å². The van der Waals surface area contributed by atoms with Crippen molar-refractivity contribution in [2.75, 3.05) is 6.79 Å². The molecule has 0 spiro atoms. The maximum atomic E-state index is 12.2. The Hall–Kier alpha value is -2.59. The fourth-order valence-electron chi connectivity index (χ4n) is 2.12. The molecular formula is C13H14N4O5S. The average molecular weight is 338 g/mol. The van der Waals surface area contributed by atoms with E-state index in [-0.39, 0.29) is 17.3 Å². The smallest absolute Gasteiger partial charge is 0.266 e. The molecule has 0 fully saturated rings. The summed E-state index contributed by atoms with van der Waals surface area (Å²) in [6.07, 6.45) is 1.35. The van der Waals surface area contributed by atoms with Gasteiger partial charge in [0.25, 0.3) is 15.9 Å². The van der Waals surface area contributed by atoms with E-state index in [1.54, 1.807) is 20.0 Å². The van der Waals surface area contributed by atoms with Crippen molar-refractivity contribution >= 4 is 15.9 Å². The van der Waals surface area contributed by atoms with Crippen molar-refractivity contribution in [1.82, 2.24) is 20.0 Å². The maximum Gasteiger partial charge on any atom is 0.266 e. The molecular weight excluding hydrogens is 324 g/mol. The minimum Gasteiger partial charge on any atom is -0.454 e. The van der Waals surface area contributed by atoms with Crippen LogP contribution in [0.4, 0.5) is 0 Å². The third-order valence-corrected chi connectivity index (χ3v) is 4.54. The average Bonchev–Trinajstić information content (AvgIpc) is 3.10. The second-order valence-corrected chi connectivity index (χ2v) is 6.53. The Balaban J connectivity index is 1.72. The third-order valence-electron chi connectivity index (χ3n) is 3.19. The van der Waals surface area contributed by atoms with Crippen LogP contribution >= 0.6 is 0 Å². The summed E-state index contributed by atoms with van der Waals surface area (Å²) >= 11 is 0. The topological polar surface area (TPSA) is 112 Å². The number of hydrogen-bond acceptors (Lipinski definition) is 6. The molecule has 1 amide bonds. The first-order valence-corrected chi connectivity index (χ1v) is 8.07. The van der Waals surface area contributed by atoms with Gasteiger partial charge in [-0.25, -0.2) is 8.42 Å². The lowest BCUT2D eigenvalue weighted by atomic mass is 10.2. The van der Waals surface area contributed by atoms with E-state index in [1.807, 2.05) is 4.83 Å². The van der Waals surface area contributed by atoms with Gasteiger partial charge in [-0.15, -0.1) is 4.83 Å². The lowest BCUT2D eigenvalue weighted by molar-refractivity contribution is 0.0944. The normalized spacial score (nSPS) is 13.1. The molecule has 1 aliphatic rings. The molecule has 0 unspecified atom stereocenters. The number of sulfonamides is 1. The predicted molar refractivity (Wildman–Crippen MR) is 78.3 cm³/mol. The lowest BCUT2D eigenvalue weighted by Gasteiger charge is -2.08. The van der Waals surface area contributed by atoms with Crippen LogP contribution in [0.3, 0.4) is 0 Å². The van der Waals surface area contributed by atoms with Gasteiger partial charge < -0.3 is 9.47 Å². The number of carbonyl (C=O) groups excluding carboxylic acids is 1. The highest BCUT2D eigenvalue weighted by Crippen LogP contribution is 2.32. The van der Waals surface area contributed by atoms with Gasteiger partial charge in [0.15, 0.2) is 11.5 Å². The van der Waals surface area contributed by atoms with Crippen LogP contribution in [0.2, 0.25) is 0 Å². The van der Waals surface area contributed by atoms with Crippen molar-refractivity contribution in [2.45, 2.75) is 11.8 Å². The number of fused-ring (bicyclic) bond motifs is 1. The van der Waals surface area contributed by atoms with Gasteiger partial charge in [0, 0.05) is 18.8 Å². The summed E-state index contributed by atoms with van der Waals surface area (Å²) < 4.78 is 36.0. The molecule has 9 nitrogen and oxygen atoms in total. The van der Waals surface area contributed by atoms with E-state index in [4.69, 9.17) is 9.47 Å². The van der Waals surface area contributed by atoms with E-state index in [9.17, 15) is 13.2 Å². The molecule has 23 heavy (non-hydrogen) atoms. The SMILES string of the molecule is Cc1nn(C)cc1S(=O)(=O)NNC(=O)c1ccc2c(c1)OCO2. The highest BCUT2D eigenvalue weighted by atomic mass is 32.2. The van der Waals surface area contributed by atoms with Gasteiger partial charge in [-0.05, 0) is 25.1 Å². The Labute approximate surface area is 132 Å². The van der Waals surface area contributed by atoms with Crippen LogP contribution in [0, 0.1) is 6.92 Å². The van der Waals surface area contributed by atoms with Gasteiger partial charge in [-0.2, -0.15) is 5.10 Å². The number of carbonyl (C=O) groups is 1. The molecule has 0 bridgehead atoms. The fourth-order valence-corrected chi connectivity index (χ4v) is 3.18. The molecule has 2 heterocycles. The van der Waals surface area contributed by atoms with Gasteiger partial charge in [-0.1, -0.05) is 0 Å². The van der Waals surface area contributed by atoms with E-state index in [0.29, 0.717) is 17.2 Å². The van der Waals surface area contributed by atoms with Gasteiger partial charge >= 0.3 is 0 Å². The van der Waals surface area contributed by atoms with E-state index in [0.717, 1.165) is 0 Å². The number of benzene rings is 1. The summed E-state index contributed by atoms with van der Waals surface area (Å²) in [7, 11) is -2.30. The number of nitrogens with zero attached hydrogens (tertiary/aromatic N) is 2. The van der Waals surface area contributed by atoms with Crippen molar-refractivity contribution in [3.05, 3.63) is 35.7 Å². The lowest BCUT2D eigenvalue weighted by Crippen LogP contribution is -2.41. The molecule has 1 aromatic carbocycles. The molecule has 0 saturated heterocycles. The monoisotopic (exact) mass is 338 g/mol. The summed E-state index contributed by atoms with van der Waals surface area (Å²) in [5.41, 5.74) is 2.72. The molecule has 10 heteroatoms. The largest absolute Gasteiger partial charge is 0.454 e. The number of aryl methyl sites for hydroxylation is 2. The zero-order valence-corrected chi connectivity index (χ0v) is 13.2. The number of hydrogen-bond donors (Lipinski definition) is 2. The Bertz CT molecular complexity index is 874. The van der Waals surface area contributed by atoms with Crippen LogP contribution in [0.5, 0.6) is 11.5 Å². The Kier molecular flexibility index (Phi) is 3.70. The summed E-state index contributed by atoms with van der Waals surface area (Å²) in [6.45, 7) is 1.65. The molecule has 2 N–H and O–H groups in total. The molecule has 3 rings (SSSR count). The molecule has 0 radical (unpaired) electrons. The zero-order valence-electron chi connectivity index (χ0n) is 12.4. The van der Waals surface area contributed by atoms with Crippen LogP contribution < -0.4 is 19.7 Å². The number of amides is 1. The number of nitrogens with one attached hydrogen (secondary N) is 2. The summed E-state index contributed by atoms with van der Waals surface area (Å²) in [5.74, 6) is 0.352. The molecule has 0 aliphatic carbocycles.